The smallest absolute Gasteiger partial charge is 0.321 e. The van der Waals surface area contributed by atoms with Crippen molar-refractivity contribution in [3.05, 3.63) is 29.3 Å². The van der Waals surface area contributed by atoms with Crippen LogP contribution in [0.25, 0.3) is 0 Å². The van der Waals surface area contributed by atoms with Crippen LogP contribution in [0.3, 0.4) is 0 Å². The van der Waals surface area contributed by atoms with Crippen molar-refractivity contribution in [1.29, 1.82) is 0 Å². The minimum atomic E-state index is -0.541. The normalized spacial score (nSPS) is 12.0. The molecule has 0 saturated carbocycles. The maximum absolute atomic E-state index is 11.6. The highest BCUT2D eigenvalue weighted by Crippen LogP contribution is 2.13. The van der Waals surface area contributed by atoms with E-state index in [1.807, 2.05) is 0 Å². The van der Waals surface area contributed by atoms with Gasteiger partial charge in [-0.25, -0.2) is 4.79 Å². The van der Waals surface area contributed by atoms with Crippen molar-refractivity contribution in [2.75, 3.05) is 18.9 Å². The number of amides is 2. The van der Waals surface area contributed by atoms with Crippen LogP contribution < -0.4 is 5.32 Å². The zero-order valence-electron chi connectivity index (χ0n) is 9.27. The van der Waals surface area contributed by atoms with E-state index in [0.29, 0.717) is 17.3 Å². The Balaban J connectivity index is 2.54. The number of halogens is 1. The molecule has 0 saturated heterocycles. The lowest BCUT2D eigenvalue weighted by atomic mass is 10.3. The van der Waals surface area contributed by atoms with Crippen molar-refractivity contribution in [3.8, 4) is 0 Å². The van der Waals surface area contributed by atoms with Gasteiger partial charge in [0.25, 0.3) is 0 Å². The van der Waals surface area contributed by atoms with E-state index in [1.165, 1.54) is 4.90 Å². The summed E-state index contributed by atoms with van der Waals surface area (Å²) in [6.45, 7) is 1.92. The molecule has 0 unspecified atom stereocenters. The lowest BCUT2D eigenvalue weighted by Gasteiger charge is -2.19. The third kappa shape index (κ3) is 4.08. The van der Waals surface area contributed by atoms with Gasteiger partial charge in [0.2, 0.25) is 0 Å². The first kappa shape index (κ1) is 12.8. The van der Waals surface area contributed by atoms with Gasteiger partial charge in [0.1, 0.15) is 0 Å². The topological polar surface area (TPSA) is 52.6 Å². The van der Waals surface area contributed by atoms with E-state index in [-0.39, 0.29) is 6.03 Å². The maximum atomic E-state index is 11.6. The Kier molecular flexibility index (Phi) is 4.58. The van der Waals surface area contributed by atoms with Gasteiger partial charge in [-0.15, -0.1) is 0 Å². The summed E-state index contributed by atoms with van der Waals surface area (Å²) >= 11 is 5.72. The molecule has 0 aliphatic heterocycles. The van der Waals surface area contributed by atoms with Gasteiger partial charge in [0.15, 0.2) is 0 Å². The van der Waals surface area contributed by atoms with Crippen molar-refractivity contribution in [1.82, 2.24) is 4.90 Å². The Bertz CT molecular complexity index is 352. The summed E-state index contributed by atoms with van der Waals surface area (Å²) in [6.07, 6.45) is -0.541. The van der Waals surface area contributed by atoms with Crippen LogP contribution in [-0.4, -0.2) is 35.7 Å². The fourth-order valence-corrected chi connectivity index (χ4v) is 1.36. The minimum Gasteiger partial charge on any atom is -0.392 e. The fourth-order valence-electron chi connectivity index (χ4n) is 1.23. The quantitative estimate of drug-likeness (QED) is 0.854. The van der Waals surface area contributed by atoms with E-state index in [2.05, 4.69) is 5.32 Å². The van der Waals surface area contributed by atoms with Crippen LogP contribution in [0.5, 0.6) is 0 Å². The standard InChI is InChI=1S/C11H15ClN2O2/c1-8(15)7-14(2)11(16)13-10-5-3-9(12)4-6-10/h3-6,8,15H,7H2,1-2H3,(H,13,16)/t8-/m1/s1. The molecule has 0 aliphatic rings. The average Bonchev–Trinajstić information content (AvgIpc) is 2.20. The van der Waals surface area contributed by atoms with Gasteiger partial charge >= 0.3 is 6.03 Å². The number of nitrogens with zero attached hydrogens (tertiary/aromatic N) is 1. The number of aliphatic hydroxyl groups is 1. The summed E-state index contributed by atoms with van der Waals surface area (Å²) in [5.41, 5.74) is 0.673. The molecular weight excluding hydrogens is 228 g/mol. The molecule has 1 aromatic carbocycles. The molecule has 0 spiro atoms. The number of urea groups is 1. The molecule has 0 aromatic heterocycles. The number of rotatable bonds is 3. The predicted octanol–water partition coefficient (Wildman–Crippen LogP) is 2.18. The number of hydrogen-bond donors (Lipinski definition) is 2. The molecule has 0 aliphatic carbocycles. The molecule has 2 N–H and O–H groups in total. The summed E-state index contributed by atoms with van der Waals surface area (Å²) in [5.74, 6) is 0. The summed E-state index contributed by atoms with van der Waals surface area (Å²) in [5, 5.41) is 12.4. The summed E-state index contributed by atoms with van der Waals surface area (Å²) < 4.78 is 0. The second-order valence-electron chi connectivity index (χ2n) is 3.67. The first-order valence-electron chi connectivity index (χ1n) is 4.95. The molecule has 0 heterocycles. The number of nitrogens with one attached hydrogen (secondary N) is 1. The van der Waals surface area contributed by atoms with Crippen molar-refractivity contribution < 1.29 is 9.90 Å². The molecule has 5 heteroatoms. The van der Waals surface area contributed by atoms with Gasteiger partial charge < -0.3 is 15.3 Å². The number of likely N-dealkylation sites (N-methyl/N-ethyl adjacent to an activating group) is 1. The van der Waals surface area contributed by atoms with Gasteiger partial charge in [-0.05, 0) is 31.2 Å². The van der Waals surface area contributed by atoms with Gasteiger partial charge in [0.05, 0.1) is 6.10 Å². The second-order valence-corrected chi connectivity index (χ2v) is 4.10. The molecule has 16 heavy (non-hydrogen) atoms. The zero-order valence-corrected chi connectivity index (χ0v) is 10.0. The van der Waals surface area contributed by atoms with E-state index in [0.717, 1.165) is 0 Å². The number of anilines is 1. The fraction of sp³-hybridized carbons (Fsp3) is 0.364. The van der Waals surface area contributed by atoms with Crippen molar-refractivity contribution in [2.45, 2.75) is 13.0 Å². The lowest BCUT2D eigenvalue weighted by Crippen LogP contribution is -2.36. The highest BCUT2D eigenvalue weighted by Gasteiger charge is 2.10. The Labute approximate surface area is 99.8 Å². The summed E-state index contributed by atoms with van der Waals surface area (Å²) in [7, 11) is 1.62. The number of aliphatic hydroxyl groups excluding tert-OH is 1. The Hall–Kier alpha value is -1.26. The molecule has 0 fully saturated rings. The molecule has 4 nitrogen and oxygen atoms in total. The second kappa shape index (κ2) is 5.72. The van der Waals surface area contributed by atoms with Crippen LogP contribution in [0.15, 0.2) is 24.3 Å². The zero-order chi connectivity index (χ0) is 12.1. The SMILES string of the molecule is C[C@@H](O)CN(C)C(=O)Nc1ccc(Cl)cc1. The number of benzene rings is 1. The van der Waals surface area contributed by atoms with Crippen molar-refractivity contribution in [2.24, 2.45) is 0 Å². The van der Waals surface area contributed by atoms with Crippen LogP contribution in [0.1, 0.15) is 6.92 Å². The molecule has 2 amide bonds. The van der Waals surface area contributed by atoms with Gasteiger partial charge in [0, 0.05) is 24.3 Å². The predicted molar refractivity (Wildman–Crippen MR) is 64.8 cm³/mol. The molecule has 1 rings (SSSR count). The molecule has 0 radical (unpaired) electrons. The molecule has 1 atom stereocenters. The monoisotopic (exact) mass is 242 g/mol. The van der Waals surface area contributed by atoms with Crippen LogP contribution in [0.4, 0.5) is 10.5 Å². The van der Waals surface area contributed by atoms with E-state index < -0.39 is 6.10 Å². The van der Waals surface area contributed by atoms with Crippen LogP contribution >= 0.6 is 11.6 Å². The number of hydrogen-bond acceptors (Lipinski definition) is 2. The van der Waals surface area contributed by atoms with Crippen LogP contribution in [0, 0.1) is 0 Å². The first-order chi connectivity index (χ1) is 7.49. The highest BCUT2D eigenvalue weighted by molar-refractivity contribution is 6.30. The van der Waals surface area contributed by atoms with Gasteiger partial charge in [-0.1, -0.05) is 11.6 Å². The van der Waals surface area contributed by atoms with E-state index in [9.17, 15) is 4.79 Å². The third-order valence-corrected chi connectivity index (χ3v) is 2.23. The van der Waals surface area contributed by atoms with Gasteiger partial charge in [-0.2, -0.15) is 0 Å². The lowest BCUT2D eigenvalue weighted by molar-refractivity contribution is 0.149. The average molecular weight is 243 g/mol. The Morgan fingerprint density at radius 2 is 2.06 bits per heavy atom. The van der Waals surface area contributed by atoms with Gasteiger partial charge in [-0.3, -0.25) is 0 Å². The molecule has 88 valence electrons. The van der Waals surface area contributed by atoms with Crippen LogP contribution in [-0.2, 0) is 0 Å². The van der Waals surface area contributed by atoms with Crippen molar-refractivity contribution >= 4 is 23.3 Å². The third-order valence-electron chi connectivity index (χ3n) is 1.98. The maximum Gasteiger partial charge on any atom is 0.321 e. The molecule has 0 bridgehead atoms. The van der Waals surface area contributed by atoms with E-state index in [1.54, 1.807) is 38.2 Å². The van der Waals surface area contributed by atoms with E-state index in [4.69, 9.17) is 16.7 Å². The summed E-state index contributed by atoms with van der Waals surface area (Å²) in [6, 6.07) is 6.58. The molecular formula is C11H15ClN2O2. The Morgan fingerprint density at radius 3 is 2.56 bits per heavy atom. The number of carbonyl (C=O) groups is 1. The van der Waals surface area contributed by atoms with E-state index >= 15 is 0 Å². The first-order valence-corrected chi connectivity index (χ1v) is 5.32. The minimum absolute atomic E-state index is 0.261. The number of carbonyl (C=O) groups excluding carboxylic acids is 1. The summed E-state index contributed by atoms with van der Waals surface area (Å²) in [4.78, 5) is 13.0. The molecule has 1 aromatic rings. The largest absolute Gasteiger partial charge is 0.392 e. The Morgan fingerprint density at radius 1 is 1.50 bits per heavy atom. The van der Waals surface area contributed by atoms with Crippen LogP contribution in [0.2, 0.25) is 5.02 Å². The van der Waals surface area contributed by atoms with Crippen molar-refractivity contribution in [3.63, 3.8) is 0 Å². The highest BCUT2D eigenvalue weighted by atomic mass is 35.5.